The lowest BCUT2D eigenvalue weighted by atomic mass is 10.2. The van der Waals surface area contributed by atoms with Crippen molar-refractivity contribution in [3.05, 3.63) is 47.9 Å². The molecule has 98 valence electrons. The molecule has 0 aliphatic heterocycles. The maximum atomic E-state index is 11.2. The molecule has 1 unspecified atom stereocenters. The third-order valence-corrected chi connectivity index (χ3v) is 2.70. The number of primary amides is 1. The summed E-state index contributed by atoms with van der Waals surface area (Å²) in [6, 6.07) is 7.16. The minimum atomic E-state index is -0.576. The van der Waals surface area contributed by atoms with Crippen LogP contribution in [0.15, 0.2) is 36.7 Å². The van der Waals surface area contributed by atoms with Crippen molar-refractivity contribution < 1.29 is 4.79 Å². The molecule has 1 atom stereocenters. The maximum absolute atomic E-state index is 11.2. The Morgan fingerprint density at radius 2 is 2.16 bits per heavy atom. The summed E-state index contributed by atoms with van der Waals surface area (Å²) < 4.78 is 0. The smallest absolute Gasteiger partial charge is 0.250 e. The highest BCUT2D eigenvalue weighted by atomic mass is 16.1. The van der Waals surface area contributed by atoms with Gasteiger partial charge in [-0.15, -0.1) is 0 Å². The van der Waals surface area contributed by atoms with Gasteiger partial charge in [-0.25, -0.2) is 4.98 Å². The topological polar surface area (TPSA) is 107 Å². The second kappa shape index (κ2) is 5.34. The Morgan fingerprint density at radius 1 is 1.37 bits per heavy atom. The first kappa shape index (κ1) is 12.8. The second-order valence-electron chi connectivity index (χ2n) is 4.14. The van der Waals surface area contributed by atoms with E-state index in [0.29, 0.717) is 5.82 Å². The number of aromatic nitrogens is 2. The first-order valence-electron chi connectivity index (χ1n) is 5.80. The van der Waals surface area contributed by atoms with Crippen LogP contribution < -0.4 is 16.8 Å². The lowest BCUT2D eigenvalue weighted by Gasteiger charge is -2.14. The number of nitrogens with two attached hydrogens (primary N) is 2. The zero-order valence-corrected chi connectivity index (χ0v) is 10.5. The molecular weight excluding hydrogens is 242 g/mol. The molecule has 1 amide bonds. The van der Waals surface area contributed by atoms with Crippen LogP contribution in [-0.2, 0) is 0 Å². The number of nitrogens with one attached hydrogen (secondary N) is 1. The van der Waals surface area contributed by atoms with Gasteiger partial charge in [0.2, 0.25) is 0 Å². The number of anilines is 2. The number of carbonyl (C=O) groups excluding carboxylic acids is 1. The summed E-state index contributed by atoms with van der Waals surface area (Å²) in [6.07, 6.45) is 3.13. The van der Waals surface area contributed by atoms with Crippen molar-refractivity contribution in [2.24, 2.45) is 5.73 Å². The van der Waals surface area contributed by atoms with Crippen LogP contribution in [0.1, 0.15) is 29.0 Å². The predicted octanol–water partition coefficient (Wildman–Crippen LogP) is 1.33. The zero-order valence-electron chi connectivity index (χ0n) is 10.5. The molecule has 2 aromatic rings. The SMILES string of the molecule is CC(Nc1cc(C(N)=O)c(N)cn1)c1ccccn1. The summed E-state index contributed by atoms with van der Waals surface area (Å²) in [6.45, 7) is 1.95. The van der Waals surface area contributed by atoms with Crippen molar-refractivity contribution in [3.63, 3.8) is 0 Å². The third kappa shape index (κ3) is 2.98. The molecule has 0 saturated heterocycles. The lowest BCUT2D eigenvalue weighted by molar-refractivity contribution is 0.100. The minimum absolute atomic E-state index is 0.0435. The Bertz CT molecular complexity index is 585. The van der Waals surface area contributed by atoms with Crippen LogP contribution in [0.25, 0.3) is 0 Å². The summed E-state index contributed by atoms with van der Waals surface area (Å²) in [4.78, 5) is 19.6. The van der Waals surface area contributed by atoms with Crippen molar-refractivity contribution in [1.29, 1.82) is 0 Å². The average Bonchev–Trinajstić information content (AvgIpc) is 2.41. The van der Waals surface area contributed by atoms with E-state index in [-0.39, 0.29) is 17.3 Å². The Labute approximate surface area is 110 Å². The van der Waals surface area contributed by atoms with Gasteiger partial charge < -0.3 is 16.8 Å². The number of carbonyl (C=O) groups is 1. The summed E-state index contributed by atoms with van der Waals surface area (Å²) >= 11 is 0. The van der Waals surface area contributed by atoms with E-state index in [4.69, 9.17) is 11.5 Å². The first-order chi connectivity index (χ1) is 9.08. The van der Waals surface area contributed by atoms with Gasteiger partial charge in [0.1, 0.15) is 5.82 Å². The molecule has 0 aromatic carbocycles. The van der Waals surface area contributed by atoms with Gasteiger partial charge in [0.05, 0.1) is 29.2 Å². The molecule has 2 rings (SSSR count). The Balaban J connectivity index is 2.20. The van der Waals surface area contributed by atoms with E-state index in [9.17, 15) is 4.79 Å². The normalized spacial score (nSPS) is 11.8. The molecular formula is C13H15N5O. The molecule has 0 fully saturated rings. The van der Waals surface area contributed by atoms with Gasteiger partial charge >= 0.3 is 0 Å². The second-order valence-corrected chi connectivity index (χ2v) is 4.14. The highest BCUT2D eigenvalue weighted by molar-refractivity contribution is 5.98. The minimum Gasteiger partial charge on any atom is -0.397 e. The van der Waals surface area contributed by atoms with E-state index in [1.807, 2.05) is 25.1 Å². The predicted molar refractivity (Wildman–Crippen MR) is 73.4 cm³/mol. The fraction of sp³-hybridized carbons (Fsp3) is 0.154. The molecule has 6 nitrogen and oxygen atoms in total. The molecule has 2 heterocycles. The first-order valence-corrected chi connectivity index (χ1v) is 5.80. The molecule has 0 aliphatic carbocycles. The average molecular weight is 257 g/mol. The third-order valence-electron chi connectivity index (χ3n) is 2.70. The number of nitrogens with zero attached hydrogens (tertiary/aromatic N) is 2. The van der Waals surface area contributed by atoms with Gasteiger partial charge in [-0.2, -0.15) is 0 Å². The van der Waals surface area contributed by atoms with Gasteiger partial charge in [0.25, 0.3) is 5.91 Å². The fourth-order valence-electron chi connectivity index (χ4n) is 1.69. The van der Waals surface area contributed by atoms with Crippen LogP contribution in [0.4, 0.5) is 11.5 Å². The van der Waals surface area contributed by atoms with Crippen LogP contribution in [0, 0.1) is 0 Å². The van der Waals surface area contributed by atoms with Gasteiger partial charge in [0.15, 0.2) is 0 Å². The van der Waals surface area contributed by atoms with Crippen LogP contribution in [-0.4, -0.2) is 15.9 Å². The summed E-state index contributed by atoms with van der Waals surface area (Å²) in [7, 11) is 0. The van der Waals surface area contributed by atoms with E-state index < -0.39 is 5.91 Å². The van der Waals surface area contributed by atoms with E-state index in [1.165, 1.54) is 12.3 Å². The monoisotopic (exact) mass is 257 g/mol. The molecule has 0 radical (unpaired) electrons. The molecule has 2 aromatic heterocycles. The summed E-state index contributed by atoms with van der Waals surface area (Å²) in [5.41, 5.74) is 12.3. The molecule has 19 heavy (non-hydrogen) atoms. The number of hydrogen-bond acceptors (Lipinski definition) is 5. The highest BCUT2D eigenvalue weighted by Gasteiger charge is 2.11. The highest BCUT2D eigenvalue weighted by Crippen LogP contribution is 2.19. The van der Waals surface area contributed by atoms with Crippen LogP contribution in [0.2, 0.25) is 0 Å². The molecule has 0 bridgehead atoms. The van der Waals surface area contributed by atoms with Crippen molar-refractivity contribution in [2.45, 2.75) is 13.0 Å². The van der Waals surface area contributed by atoms with Crippen molar-refractivity contribution in [2.75, 3.05) is 11.1 Å². The van der Waals surface area contributed by atoms with E-state index >= 15 is 0 Å². The molecule has 0 saturated carbocycles. The van der Waals surface area contributed by atoms with E-state index in [1.54, 1.807) is 6.20 Å². The molecule has 5 N–H and O–H groups in total. The fourth-order valence-corrected chi connectivity index (χ4v) is 1.69. The quantitative estimate of drug-likeness (QED) is 0.766. The van der Waals surface area contributed by atoms with Crippen molar-refractivity contribution in [1.82, 2.24) is 9.97 Å². The van der Waals surface area contributed by atoms with E-state index in [0.717, 1.165) is 5.69 Å². The number of amides is 1. The van der Waals surface area contributed by atoms with Crippen molar-refractivity contribution >= 4 is 17.4 Å². The number of pyridine rings is 2. The Kier molecular flexibility index (Phi) is 3.61. The summed E-state index contributed by atoms with van der Waals surface area (Å²) in [5, 5.41) is 3.14. The van der Waals surface area contributed by atoms with Gasteiger partial charge in [-0.3, -0.25) is 9.78 Å². The number of hydrogen-bond donors (Lipinski definition) is 3. The van der Waals surface area contributed by atoms with E-state index in [2.05, 4.69) is 15.3 Å². The molecule has 0 aliphatic rings. The Hall–Kier alpha value is -2.63. The largest absolute Gasteiger partial charge is 0.397 e. The Morgan fingerprint density at radius 3 is 2.79 bits per heavy atom. The zero-order chi connectivity index (χ0) is 13.8. The van der Waals surface area contributed by atoms with Crippen LogP contribution >= 0.6 is 0 Å². The van der Waals surface area contributed by atoms with Crippen LogP contribution in [0.5, 0.6) is 0 Å². The van der Waals surface area contributed by atoms with Gasteiger partial charge in [-0.05, 0) is 25.1 Å². The summed E-state index contributed by atoms with van der Waals surface area (Å²) in [5.74, 6) is -0.0467. The lowest BCUT2D eigenvalue weighted by Crippen LogP contribution is -2.15. The standard InChI is InChI=1S/C13H15N5O/c1-8(11-4-2-3-5-16-11)18-12-6-9(13(15)19)10(14)7-17-12/h2-8H,14H2,1H3,(H2,15,19)(H,17,18). The van der Waals surface area contributed by atoms with Crippen LogP contribution in [0.3, 0.4) is 0 Å². The molecule has 6 heteroatoms. The number of rotatable bonds is 4. The maximum Gasteiger partial charge on any atom is 0.250 e. The van der Waals surface area contributed by atoms with Crippen molar-refractivity contribution in [3.8, 4) is 0 Å². The number of nitrogen functional groups attached to an aromatic ring is 1. The molecule has 0 spiro atoms. The van der Waals surface area contributed by atoms with Gasteiger partial charge in [-0.1, -0.05) is 6.07 Å². The van der Waals surface area contributed by atoms with Gasteiger partial charge in [0, 0.05) is 6.20 Å².